The smallest absolute Gasteiger partial charge is 0.0543 e. The first-order valence-electron chi connectivity index (χ1n) is 10.1. The Kier molecular flexibility index (Phi) is 4.46. The molecular weight excluding hydrogens is 336 g/mol. The number of hydrogen-bond acceptors (Lipinski definition) is 3. The molecule has 0 amide bonds. The zero-order valence-corrected chi connectivity index (χ0v) is 16.4. The molecule has 1 saturated heterocycles. The number of likely N-dealkylation sites (tertiary alicyclic amines) is 1. The molecule has 0 N–H and O–H groups in total. The van der Waals surface area contributed by atoms with Crippen LogP contribution in [0.1, 0.15) is 36.8 Å². The number of nitrogens with zero attached hydrogens (tertiary/aromatic N) is 2. The zero-order valence-electron chi connectivity index (χ0n) is 15.6. The van der Waals surface area contributed by atoms with Gasteiger partial charge in [-0.15, -0.1) is 11.8 Å². The maximum atomic E-state index is 2.77. The van der Waals surface area contributed by atoms with Gasteiger partial charge in [-0.2, -0.15) is 0 Å². The van der Waals surface area contributed by atoms with Crippen molar-refractivity contribution in [2.24, 2.45) is 0 Å². The van der Waals surface area contributed by atoms with Crippen molar-refractivity contribution in [3.63, 3.8) is 0 Å². The van der Waals surface area contributed by atoms with Gasteiger partial charge < -0.3 is 4.90 Å². The maximum absolute atomic E-state index is 2.77. The molecule has 136 valence electrons. The summed E-state index contributed by atoms with van der Waals surface area (Å²) in [4.78, 5) is 7.04. The van der Waals surface area contributed by atoms with E-state index >= 15 is 0 Å². The Morgan fingerprint density at radius 2 is 1.96 bits per heavy atom. The lowest BCUT2D eigenvalue weighted by Gasteiger charge is -2.41. The van der Waals surface area contributed by atoms with Crippen molar-refractivity contribution in [1.29, 1.82) is 0 Å². The van der Waals surface area contributed by atoms with Crippen molar-refractivity contribution in [3.05, 3.63) is 59.7 Å². The quantitative estimate of drug-likeness (QED) is 0.773. The monoisotopic (exact) mass is 364 g/mol. The van der Waals surface area contributed by atoms with E-state index in [0.717, 1.165) is 12.5 Å². The average molecular weight is 365 g/mol. The Hall–Kier alpha value is -1.45. The van der Waals surface area contributed by atoms with Crippen LogP contribution >= 0.6 is 11.8 Å². The average Bonchev–Trinajstić information content (AvgIpc) is 2.84. The normalized spacial score (nSPS) is 26.1. The minimum atomic E-state index is 0.612. The van der Waals surface area contributed by atoms with E-state index in [4.69, 9.17) is 0 Å². The van der Waals surface area contributed by atoms with E-state index < -0.39 is 0 Å². The highest BCUT2D eigenvalue weighted by Crippen LogP contribution is 2.50. The molecule has 0 aliphatic carbocycles. The molecule has 3 heteroatoms. The summed E-state index contributed by atoms with van der Waals surface area (Å²) in [5.41, 5.74) is 4.67. The Morgan fingerprint density at radius 1 is 1.08 bits per heavy atom. The molecule has 26 heavy (non-hydrogen) atoms. The van der Waals surface area contributed by atoms with Crippen LogP contribution in [0.2, 0.25) is 0 Å². The van der Waals surface area contributed by atoms with E-state index in [9.17, 15) is 0 Å². The summed E-state index contributed by atoms with van der Waals surface area (Å²) in [5.74, 6) is 1.96. The minimum absolute atomic E-state index is 0.612. The van der Waals surface area contributed by atoms with Gasteiger partial charge in [-0.1, -0.05) is 42.5 Å². The first-order valence-corrected chi connectivity index (χ1v) is 11.1. The lowest BCUT2D eigenvalue weighted by Crippen LogP contribution is -2.49. The standard InChI is InChI=1S/C23H28N2S/c1-17(15-18-7-3-2-4-8-18)24-13-11-21-20(16-24)19-9-5-10-22-23(19)25(21)12-6-14-26-22/h2-5,7-10,17,20-21H,6,11-16H2,1H3. The highest BCUT2D eigenvalue weighted by molar-refractivity contribution is 7.99. The predicted molar refractivity (Wildman–Crippen MR) is 111 cm³/mol. The van der Waals surface area contributed by atoms with Crippen LogP contribution in [0.3, 0.4) is 0 Å². The fourth-order valence-electron chi connectivity index (χ4n) is 5.25. The van der Waals surface area contributed by atoms with Gasteiger partial charge in [0.05, 0.1) is 5.69 Å². The van der Waals surface area contributed by atoms with Crippen LogP contribution in [-0.4, -0.2) is 42.4 Å². The Labute approximate surface area is 161 Å². The summed E-state index contributed by atoms with van der Waals surface area (Å²) in [6.07, 6.45) is 3.78. The van der Waals surface area contributed by atoms with Gasteiger partial charge in [-0.05, 0) is 49.1 Å². The summed E-state index contributed by atoms with van der Waals surface area (Å²) in [6.45, 7) is 6.12. The largest absolute Gasteiger partial charge is 0.367 e. The number of para-hydroxylation sites is 1. The van der Waals surface area contributed by atoms with Gasteiger partial charge in [-0.3, -0.25) is 4.90 Å². The summed E-state index contributed by atoms with van der Waals surface area (Å²) < 4.78 is 0. The Morgan fingerprint density at radius 3 is 2.85 bits per heavy atom. The van der Waals surface area contributed by atoms with Gasteiger partial charge in [0.25, 0.3) is 0 Å². The molecule has 0 bridgehead atoms. The molecule has 0 spiro atoms. The van der Waals surface area contributed by atoms with Gasteiger partial charge in [0.2, 0.25) is 0 Å². The number of thioether (sulfide) groups is 1. The lowest BCUT2D eigenvalue weighted by molar-refractivity contribution is 0.146. The van der Waals surface area contributed by atoms with E-state index in [1.54, 1.807) is 11.3 Å². The summed E-state index contributed by atoms with van der Waals surface area (Å²) >= 11 is 2.07. The van der Waals surface area contributed by atoms with E-state index in [2.05, 4.69) is 77.0 Å². The lowest BCUT2D eigenvalue weighted by atomic mass is 9.88. The molecule has 3 aliphatic heterocycles. The molecule has 1 fully saturated rings. The van der Waals surface area contributed by atoms with Crippen molar-refractivity contribution in [3.8, 4) is 0 Å². The molecular formula is C23H28N2S. The van der Waals surface area contributed by atoms with Crippen LogP contribution in [0.5, 0.6) is 0 Å². The fraction of sp³-hybridized carbons (Fsp3) is 0.478. The van der Waals surface area contributed by atoms with Crippen LogP contribution in [0.25, 0.3) is 0 Å². The fourth-order valence-corrected chi connectivity index (χ4v) is 6.29. The van der Waals surface area contributed by atoms with E-state index in [0.29, 0.717) is 12.0 Å². The van der Waals surface area contributed by atoms with Crippen molar-refractivity contribution < 1.29 is 0 Å². The molecule has 3 heterocycles. The second-order valence-electron chi connectivity index (χ2n) is 8.09. The Balaban J connectivity index is 1.38. The number of fused-ring (bicyclic) bond motifs is 3. The molecule has 3 unspecified atom stereocenters. The van der Waals surface area contributed by atoms with E-state index in [1.807, 2.05) is 0 Å². The molecule has 3 atom stereocenters. The molecule has 2 aromatic carbocycles. The summed E-state index contributed by atoms with van der Waals surface area (Å²) in [6, 6.07) is 19.4. The van der Waals surface area contributed by atoms with Crippen LogP contribution in [0.4, 0.5) is 5.69 Å². The zero-order chi connectivity index (χ0) is 17.5. The van der Waals surface area contributed by atoms with Crippen molar-refractivity contribution in [1.82, 2.24) is 4.90 Å². The topological polar surface area (TPSA) is 6.48 Å². The molecule has 5 rings (SSSR count). The van der Waals surface area contributed by atoms with Gasteiger partial charge in [0.15, 0.2) is 0 Å². The second-order valence-corrected chi connectivity index (χ2v) is 9.22. The number of piperidine rings is 1. The third-order valence-electron chi connectivity index (χ3n) is 6.52. The predicted octanol–water partition coefficient (Wildman–Crippen LogP) is 4.79. The Bertz CT molecular complexity index is 775. The van der Waals surface area contributed by atoms with Gasteiger partial charge in [-0.25, -0.2) is 0 Å². The first kappa shape index (κ1) is 16.7. The summed E-state index contributed by atoms with van der Waals surface area (Å²) in [5, 5.41) is 0. The van der Waals surface area contributed by atoms with Crippen LogP contribution in [0.15, 0.2) is 53.4 Å². The van der Waals surface area contributed by atoms with Crippen molar-refractivity contribution >= 4 is 17.4 Å². The van der Waals surface area contributed by atoms with Crippen molar-refractivity contribution in [2.45, 2.75) is 49.1 Å². The van der Waals surface area contributed by atoms with Gasteiger partial charge >= 0.3 is 0 Å². The number of rotatable bonds is 3. The molecule has 0 radical (unpaired) electrons. The number of anilines is 1. The van der Waals surface area contributed by atoms with Crippen molar-refractivity contribution in [2.75, 3.05) is 30.3 Å². The van der Waals surface area contributed by atoms with Crippen LogP contribution in [0, 0.1) is 0 Å². The second kappa shape index (κ2) is 6.94. The molecule has 3 aliphatic rings. The third kappa shape index (κ3) is 2.86. The van der Waals surface area contributed by atoms with Crippen LogP contribution in [-0.2, 0) is 6.42 Å². The highest BCUT2D eigenvalue weighted by atomic mass is 32.2. The highest BCUT2D eigenvalue weighted by Gasteiger charge is 2.43. The maximum Gasteiger partial charge on any atom is 0.0543 e. The SMILES string of the molecule is CC(Cc1ccccc1)N1CCC2C(C1)c1cccc3c1N2CCCS3. The van der Waals surface area contributed by atoms with Crippen LogP contribution < -0.4 is 4.90 Å². The van der Waals surface area contributed by atoms with E-state index in [-0.39, 0.29) is 0 Å². The van der Waals surface area contributed by atoms with Gasteiger partial charge in [0, 0.05) is 42.5 Å². The summed E-state index contributed by atoms with van der Waals surface area (Å²) in [7, 11) is 0. The minimum Gasteiger partial charge on any atom is -0.367 e. The number of hydrogen-bond donors (Lipinski definition) is 0. The van der Waals surface area contributed by atoms with Gasteiger partial charge in [0.1, 0.15) is 0 Å². The van der Waals surface area contributed by atoms with E-state index in [1.165, 1.54) is 48.7 Å². The number of benzene rings is 2. The third-order valence-corrected chi connectivity index (χ3v) is 7.66. The first-order chi connectivity index (χ1) is 12.8. The molecule has 0 aromatic heterocycles. The molecule has 2 nitrogen and oxygen atoms in total. The molecule has 0 saturated carbocycles. The molecule has 2 aromatic rings.